The summed E-state index contributed by atoms with van der Waals surface area (Å²) < 4.78 is 38.2. The third-order valence-electron chi connectivity index (χ3n) is 4.92. The number of halogens is 1. The number of fused-ring (bicyclic) bond motifs is 1. The highest BCUT2D eigenvalue weighted by molar-refractivity contribution is 7.92. The maximum atomic E-state index is 13.5. The van der Waals surface area contributed by atoms with Crippen molar-refractivity contribution in [1.82, 2.24) is 9.88 Å². The predicted octanol–water partition coefficient (Wildman–Crippen LogP) is 4.95. The van der Waals surface area contributed by atoms with Crippen LogP contribution in [0.5, 0.6) is 0 Å². The smallest absolute Gasteiger partial charge is 0.410 e. The number of piperidine rings is 1. The number of rotatable bonds is 2. The molecule has 0 unspecified atom stereocenters. The van der Waals surface area contributed by atoms with E-state index in [1.54, 1.807) is 37.8 Å². The third-order valence-corrected chi connectivity index (χ3v) is 7.67. The topological polar surface area (TPSA) is 89.7 Å². The molecule has 0 atom stereocenters. The Morgan fingerprint density at radius 1 is 1.17 bits per heavy atom. The van der Waals surface area contributed by atoms with Crippen molar-refractivity contribution in [2.24, 2.45) is 0 Å². The highest BCUT2D eigenvalue weighted by Crippen LogP contribution is 2.37. The number of hydrogen-bond acceptors (Lipinski definition) is 6. The van der Waals surface area contributed by atoms with Crippen LogP contribution < -0.4 is 0 Å². The van der Waals surface area contributed by atoms with Crippen LogP contribution in [0.3, 0.4) is 0 Å². The van der Waals surface area contributed by atoms with E-state index in [0.717, 1.165) is 0 Å². The molecule has 0 spiro atoms. The Hall–Kier alpha value is -1.80. The lowest BCUT2D eigenvalue weighted by molar-refractivity contribution is 0.0217. The van der Waals surface area contributed by atoms with Crippen molar-refractivity contribution in [2.45, 2.75) is 75.5 Å². The van der Waals surface area contributed by atoms with Gasteiger partial charge in [0.05, 0.1) is 10.3 Å². The molecular formula is C21H29ClN2O5S. The molecule has 166 valence electrons. The van der Waals surface area contributed by atoms with Gasteiger partial charge in [-0.25, -0.2) is 18.2 Å². The van der Waals surface area contributed by atoms with Gasteiger partial charge in [0.15, 0.2) is 15.4 Å². The largest absolute Gasteiger partial charge is 0.444 e. The highest BCUT2D eigenvalue weighted by Gasteiger charge is 2.37. The summed E-state index contributed by atoms with van der Waals surface area (Å²) >= 11 is 6.33. The zero-order valence-electron chi connectivity index (χ0n) is 18.3. The maximum absolute atomic E-state index is 13.5. The quantitative estimate of drug-likeness (QED) is 0.634. The molecule has 2 heterocycles. The van der Waals surface area contributed by atoms with Crippen LogP contribution in [0.1, 0.15) is 60.3 Å². The fraction of sp³-hybridized carbons (Fsp3) is 0.619. The Labute approximate surface area is 182 Å². The molecule has 1 aliphatic heterocycles. The first kappa shape index (κ1) is 22.9. The molecule has 1 aliphatic rings. The van der Waals surface area contributed by atoms with Crippen molar-refractivity contribution >= 4 is 38.6 Å². The van der Waals surface area contributed by atoms with Crippen LogP contribution in [0.15, 0.2) is 21.4 Å². The maximum Gasteiger partial charge on any atom is 0.410 e. The van der Waals surface area contributed by atoms with Crippen LogP contribution in [0.25, 0.3) is 11.1 Å². The van der Waals surface area contributed by atoms with Gasteiger partial charge in [-0.1, -0.05) is 32.4 Å². The molecule has 9 heteroatoms. The molecule has 1 amide bonds. The molecule has 1 saturated heterocycles. The molecule has 0 N–H and O–H groups in total. The van der Waals surface area contributed by atoms with Crippen molar-refractivity contribution in [3.63, 3.8) is 0 Å². The second-order valence-corrected chi connectivity index (χ2v) is 12.3. The number of amides is 1. The van der Waals surface area contributed by atoms with E-state index in [0.29, 0.717) is 37.3 Å². The Kier molecular flexibility index (Phi) is 5.88. The summed E-state index contributed by atoms with van der Waals surface area (Å²) in [4.78, 5) is 18.3. The van der Waals surface area contributed by atoms with E-state index >= 15 is 0 Å². The first-order valence-corrected chi connectivity index (χ1v) is 11.9. The van der Waals surface area contributed by atoms with Gasteiger partial charge in [-0.2, -0.15) is 0 Å². The number of benzene rings is 1. The second kappa shape index (κ2) is 7.71. The van der Waals surface area contributed by atoms with Gasteiger partial charge in [-0.3, -0.25) is 0 Å². The summed E-state index contributed by atoms with van der Waals surface area (Å²) in [6.07, 6.45) is 0.173. The first-order valence-electron chi connectivity index (χ1n) is 10.0. The monoisotopic (exact) mass is 456 g/mol. The van der Waals surface area contributed by atoms with Crippen molar-refractivity contribution in [1.29, 1.82) is 0 Å². The Bertz CT molecular complexity index is 1060. The average molecular weight is 457 g/mol. The van der Waals surface area contributed by atoms with Crippen molar-refractivity contribution in [3.8, 4) is 0 Å². The van der Waals surface area contributed by atoms with Gasteiger partial charge in [0.2, 0.25) is 5.89 Å². The van der Waals surface area contributed by atoms with E-state index in [4.69, 9.17) is 20.8 Å². The number of ether oxygens (including phenoxy) is 1. The Balaban J connectivity index is 1.88. The number of carbonyl (C=O) groups is 1. The average Bonchev–Trinajstić information content (AvgIpc) is 3.04. The number of carbonyl (C=O) groups excluding carboxylic acids is 1. The Morgan fingerprint density at radius 3 is 2.30 bits per heavy atom. The SMILES string of the molecule is CC(C)(C)OC(=O)N1CCC(S(=O)(=O)c2c(Cl)ccc3nc(C(C)(C)C)oc23)CC1. The first-order chi connectivity index (χ1) is 13.7. The minimum Gasteiger partial charge on any atom is -0.444 e. The van der Waals surface area contributed by atoms with Crippen LogP contribution in [-0.2, 0) is 20.0 Å². The standard InChI is InChI=1S/C21H29ClN2O5S/c1-20(2,3)18-23-15-8-7-14(22)17(16(15)28-18)30(26,27)13-9-11-24(12-10-13)19(25)29-21(4,5)6/h7-8,13H,9-12H2,1-6H3. The molecule has 0 saturated carbocycles. The number of sulfone groups is 1. The lowest BCUT2D eigenvalue weighted by Crippen LogP contribution is -2.44. The summed E-state index contributed by atoms with van der Waals surface area (Å²) in [6.45, 7) is 11.8. The molecule has 30 heavy (non-hydrogen) atoms. The van der Waals surface area contributed by atoms with Gasteiger partial charge in [0.1, 0.15) is 16.0 Å². The Morgan fingerprint density at radius 2 is 1.77 bits per heavy atom. The number of likely N-dealkylation sites (tertiary alicyclic amines) is 1. The van der Waals surface area contributed by atoms with E-state index in [1.165, 1.54) is 0 Å². The second-order valence-electron chi connectivity index (χ2n) is 9.71. The van der Waals surface area contributed by atoms with Crippen LogP contribution in [0.4, 0.5) is 4.79 Å². The predicted molar refractivity (Wildman–Crippen MR) is 116 cm³/mol. The summed E-state index contributed by atoms with van der Waals surface area (Å²) in [7, 11) is -3.78. The molecule has 1 aromatic heterocycles. The number of aromatic nitrogens is 1. The number of nitrogens with zero attached hydrogens (tertiary/aromatic N) is 2. The highest BCUT2D eigenvalue weighted by atomic mass is 35.5. The number of oxazole rings is 1. The van der Waals surface area contributed by atoms with E-state index in [1.807, 2.05) is 20.8 Å². The van der Waals surface area contributed by atoms with Crippen molar-refractivity contribution in [3.05, 3.63) is 23.0 Å². The molecule has 3 rings (SSSR count). The van der Waals surface area contributed by atoms with Gasteiger partial charge >= 0.3 is 6.09 Å². The van der Waals surface area contributed by atoms with Crippen molar-refractivity contribution in [2.75, 3.05) is 13.1 Å². The lowest BCUT2D eigenvalue weighted by atomic mass is 9.97. The zero-order chi connectivity index (χ0) is 22.5. The molecule has 1 aromatic carbocycles. The molecule has 0 bridgehead atoms. The van der Waals surface area contributed by atoms with E-state index in [9.17, 15) is 13.2 Å². The summed E-state index contributed by atoms with van der Waals surface area (Å²) in [5.74, 6) is 0.455. The summed E-state index contributed by atoms with van der Waals surface area (Å²) in [5, 5.41) is -0.545. The van der Waals surface area contributed by atoms with E-state index < -0.39 is 26.8 Å². The fourth-order valence-electron chi connectivity index (χ4n) is 3.37. The van der Waals surface area contributed by atoms with Crippen LogP contribution in [0, 0.1) is 0 Å². The normalized spacial score (nSPS) is 16.8. The minimum atomic E-state index is -3.78. The van der Waals surface area contributed by atoms with Crippen LogP contribution in [-0.4, -0.2) is 48.3 Å². The molecular weight excluding hydrogens is 428 g/mol. The van der Waals surface area contributed by atoms with Crippen molar-refractivity contribution < 1.29 is 22.4 Å². The van der Waals surface area contributed by atoms with Gasteiger partial charge in [-0.05, 0) is 45.7 Å². The van der Waals surface area contributed by atoms with E-state index in [-0.39, 0.29) is 20.9 Å². The molecule has 0 aliphatic carbocycles. The lowest BCUT2D eigenvalue weighted by Gasteiger charge is -2.33. The molecule has 0 radical (unpaired) electrons. The fourth-order valence-corrected chi connectivity index (χ4v) is 5.75. The third kappa shape index (κ3) is 4.59. The van der Waals surface area contributed by atoms with Crippen LogP contribution in [0.2, 0.25) is 5.02 Å². The van der Waals surface area contributed by atoms with E-state index in [2.05, 4.69) is 4.98 Å². The van der Waals surface area contributed by atoms with Gasteiger partial charge in [0, 0.05) is 18.5 Å². The molecule has 7 nitrogen and oxygen atoms in total. The van der Waals surface area contributed by atoms with Gasteiger partial charge in [0.25, 0.3) is 0 Å². The van der Waals surface area contributed by atoms with Gasteiger partial charge in [-0.15, -0.1) is 0 Å². The zero-order valence-corrected chi connectivity index (χ0v) is 19.9. The minimum absolute atomic E-state index is 0.0135. The summed E-state index contributed by atoms with van der Waals surface area (Å²) in [5.41, 5.74) is -0.304. The van der Waals surface area contributed by atoms with Gasteiger partial charge < -0.3 is 14.1 Å². The molecule has 1 fully saturated rings. The molecule has 2 aromatic rings. The van der Waals surface area contributed by atoms with Crippen LogP contribution >= 0.6 is 11.6 Å². The number of hydrogen-bond donors (Lipinski definition) is 0. The summed E-state index contributed by atoms with van der Waals surface area (Å²) in [6, 6.07) is 3.21.